The molecule has 3 aromatic rings. The van der Waals surface area contributed by atoms with Gasteiger partial charge in [0.15, 0.2) is 0 Å². The Kier molecular flexibility index (Phi) is 6.49. The van der Waals surface area contributed by atoms with Crippen molar-refractivity contribution in [2.75, 3.05) is 6.54 Å². The van der Waals surface area contributed by atoms with E-state index in [2.05, 4.69) is 15.0 Å². The number of benzene rings is 1. The average Bonchev–Trinajstić information content (AvgIpc) is 2.72. The molecule has 1 aromatic carbocycles. The first-order valence-electron chi connectivity index (χ1n) is 8.89. The summed E-state index contributed by atoms with van der Waals surface area (Å²) >= 11 is 5.95. The first-order chi connectivity index (χ1) is 13.2. The summed E-state index contributed by atoms with van der Waals surface area (Å²) in [6.45, 7) is 3.04. The van der Waals surface area contributed by atoms with Crippen molar-refractivity contribution in [3.05, 3.63) is 88.7 Å². The lowest BCUT2D eigenvalue weighted by Gasteiger charge is -2.23. The number of halogens is 1. The smallest absolute Gasteiger partial charge is 0.257 e. The van der Waals surface area contributed by atoms with Crippen molar-refractivity contribution in [2.24, 2.45) is 0 Å². The number of hydrogen-bond acceptors (Lipinski definition) is 4. The lowest BCUT2D eigenvalue weighted by Crippen LogP contribution is -2.32. The zero-order valence-corrected chi connectivity index (χ0v) is 15.9. The number of pyridine rings is 1. The molecule has 0 aliphatic rings. The first-order valence-corrected chi connectivity index (χ1v) is 9.27. The molecule has 3 rings (SSSR count). The van der Waals surface area contributed by atoms with Crippen LogP contribution in [0.4, 0.5) is 0 Å². The SMILES string of the molecule is CCc1ncc(C(=O)N(CCc2ccc(Cl)cc2)Cc2cccnc2)cn1. The van der Waals surface area contributed by atoms with E-state index in [1.165, 1.54) is 0 Å². The zero-order valence-electron chi connectivity index (χ0n) is 15.2. The van der Waals surface area contributed by atoms with Crippen molar-refractivity contribution in [1.29, 1.82) is 0 Å². The van der Waals surface area contributed by atoms with Gasteiger partial charge >= 0.3 is 0 Å². The fraction of sp³-hybridized carbons (Fsp3) is 0.238. The van der Waals surface area contributed by atoms with Gasteiger partial charge in [-0.05, 0) is 35.7 Å². The summed E-state index contributed by atoms with van der Waals surface area (Å²) < 4.78 is 0. The maximum atomic E-state index is 13.0. The van der Waals surface area contributed by atoms with Crippen molar-refractivity contribution in [1.82, 2.24) is 19.9 Å². The van der Waals surface area contributed by atoms with E-state index < -0.39 is 0 Å². The second-order valence-electron chi connectivity index (χ2n) is 6.21. The van der Waals surface area contributed by atoms with Crippen LogP contribution in [-0.2, 0) is 19.4 Å². The zero-order chi connectivity index (χ0) is 19.1. The maximum Gasteiger partial charge on any atom is 0.257 e. The standard InChI is InChI=1S/C21H21ClN4O/c1-2-20-24-13-18(14-25-20)21(27)26(15-17-4-3-10-23-12-17)11-9-16-5-7-19(22)8-6-16/h3-8,10,12-14H,2,9,11,15H2,1H3. The Morgan fingerprint density at radius 2 is 1.78 bits per heavy atom. The van der Waals surface area contributed by atoms with Gasteiger partial charge in [0.2, 0.25) is 0 Å². The minimum Gasteiger partial charge on any atom is -0.334 e. The Morgan fingerprint density at radius 1 is 1.04 bits per heavy atom. The highest BCUT2D eigenvalue weighted by Gasteiger charge is 2.17. The third-order valence-electron chi connectivity index (χ3n) is 4.24. The normalized spacial score (nSPS) is 10.6. The van der Waals surface area contributed by atoms with Gasteiger partial charge in [0.25, 0.3) is 5.91 Å². The lowest BCUT2D eigenvalue weighted by atomic mass is 10.1. The summed E-state index contributed by atoms with van der Waals surface area (Å²) in [7, 11) is 0. The van der Waals surface area contributed by atoms with Crippen LogP contribution >= 0.6 is 11.6 Å². The molecule has 138 valence electrons. The molecule has 1 amide bonds. The fourth-order valence-electron chi connectivity index (χ4n) is 2.71. The summed E-state index contributed by atoms with van der Waals surface area (Å²) in [5, 5.41) is 0.704. The quantitative estimate of drug-likeness (QED) is 0.622. The Bertz CT molecular complexity index is 867. The number of rotatable bonds is 7. The fourth-order valence-corrected chi connectivity index (χ4v) is 2.84. The number of nitrogens with zero attached hydrogens (tertiary/aromatic N) is 4. The molecule has 0 radical (unpaired) electrons. The Labute approximate surface area is 164 Å². The predicted molar refractivity (Wildman–Crippen MR) is 106 cm³/mol. The number of carbonyl (C=O) groups excluding carboxylic acids is 1. The van der Waals surface area contributed by atoms with E-state index in [9.17, 15) is 4.79 Å². The van der Waals surface area contributed by atoms with Crippen molar-refractivity contribution in [3.63, 3.8) is 0 Å². The molecule has 0 bridgehead atoms. The summed E-state index contributed by atoms with van der Waals surface area (Å²) in [6, 6.07) is 11.5. The highest BCUT2D eigenvalue weighted by atomic mass is 35.5. The molecule has 0 aliphatic carbocycles. The van der Waals surface area contributed by atoms with Crippen LogP contribution in [0, 0.1) is 0 Å². The second kappa shape index (κ2) is 9.24. The largest absolute Gasteiger partial charge is 0.334 e. The highest BCUT2D eigenvalue weighted by molar-refractivity contribution is 6.30. The van der Waals surface area contributed by atoms with Crippen LogP contribution in [0.25, 0.3) is 0 Å². The van der Waals surface area contributed by atoms with Crippen molar-refractivity contribution in [2.45, 2.75) is 26.3 Å². The van der Waals surface area contributed by atoms with Crippen molar-refractivity contribution in [3.8, 4) is 0 Å². The molecule has 0 unspecified atom stereocenters. The van der Waals surface area contributed by atoms with E-state index in [1.807, 2.05) is 43.3 Å². The van der Waals surface area contributed by atoms with Crippen LogP contribution in [0.2, 0.25) is 5.02 Å². The molecule has 0 spiro atoms. The number of aromatic nitrogens is 3. The summed E-state index contributed by atoms with van der Waals surface area (Å²) in [4.78, 5) is 27.5. The summed E-state index contributed by atoms with van der Waals surface area (Å²) in [5.74, 6) is 0.641. The summed E-state index contributed by atoms with van der Waals surface area (Å²) in [6.07, 6.45) is 8.18. The Balaban J connectivity index is 1.77. The van der Waals surface area contributed by atoms with Crippen LogP contribution < -0.4 is 0 Å². The lowest BCUT2D eigenvalue weighted by molar-refractivity contribution is 0.0744. The van der Waals surface area contributed by atoms with Crippen molar-refractivity contribution >= 4 is 17.5 Å². The Hall–Kier alpha value is -2.79. The van der Waals surface area contributed by atoms with Crippen LogP contribution in [-0.4, -0.2) is 32.3 Å². The topological polar surface area (TPSA) is 59.0 Å². The molecular formula is C21H21ClN4O. The molecule has 2 heterocycles. The minimum atomic E-state index is -0.0875. The average molecular weight is 381 g/mol. The van der Waals surface area contributed by atoms with Gasteiger partial charge in [-0.3, -0.25) is 9.78 Å². The minimum absolute atomic E-state index is 0.0875. The molecule has 0 saturated carbocycles. The van der Waals surface area contributed by atoms with E-state index in [-0.39, 0.29) is 5.91 Å². The van der Waals surface area contributed by atoms with Gasteiger partial charge in [0.05, 0.1) is 5.56 Å². The maximum absolute atomic E-state index is 13.0. The Morgan fingerprint density at radius 3 is 2.41 bits per heavy atom. The van der Waals surface area contributed by atoms with E-state index in [4.69, 9.17) is 11.6 Å². The van der Waals surface area contributed by atoms with Crippen LogP contribution in [0.5, 0.6) is 0 Å². The van der Waals surface area contributed by atoms with Crippen LogP contribution in [0.3, 0.4) is 0 Å². The molecule has 0 atom stereocenters. The van der Waals surface area contributed by atoms with E-state index in [1.54, 1.807) is 29.7 Å². The third-order valence-corrected chi connectivity index (χ3v) is 4.49. The molecule has 0 fully saturated rings. The first kappa shape index (κ1) is 19.0. The number of amides is 1. The third kappa shape index (κ3) is 5.34. The molecule has 0 aliphatic heterocycles. The molecular weight excluding hydrogens is 360 g/mol. The highest BCUT2D eigenvalue weighted by Crippen LogP contribution is 2.13. The van der Waals surface area contributed by atoms with E-state index in [0.29, 0.717) is 23.7 Å². The molecule has 0 saturated heterocycles. The molecule has 0 N–H and O–H groups in total. The molecule has 2 aromatic heterocycles. The van der Waals surface area contributed by atoms with Gasteiger partial charge < -0.3 is 4.90 Å². The van der Waals surface area contributed by atoms with Gasteiger partial charge in [-0.15, -0.1) is 0 Å². The van der Waals surface area contributed by atoms with E-state index >= 15 is 0 Å². The predicted octanol–water partition coefficient (Wildman–Crippen LogP) is 3.97. The van der Waals surface area contributed by atoms with Crippen LogP contribution in [0.1, 0.15) is 34.2 Å². The number of hydrogen-bond donors (Lipinski definition) is 0. The van der Waals surface area contributed by atoms with Gasteiger partial charge in [0, 0.05) is 49.3 Å². The monoisotopic (exact) mass is 380 g/mol. The van der Waals surface area contributed by atoms with E-state index in [0.717, 1.165) is 29.8 Å². The molecule has 27 heavy (non-hydrogen) atoms. The van der Waals surface area contributed by atoms with Gasteiger partial charge in [-0.2, -0.15) is 0 Å². The van der Waals surface area contributed by atoms with Gasteiger partial charge in [-0.25, -0.2) is 9.97 Å². The van der Waals surface area contributed by atoms with Crippen LogP contribution in [0.15, 0.2) is 61.2 Å². The van der Waals surface area contributed by atoms with Gasteiger partial charge in [0.1, 0.15) is 5.82 Å². The number of aryl methyl sites for hydroxylation is 1. The van der Waals surface area contributed by atoms with Gasteiger partial charge in [-0.1, -0.05) is 36.7 Å². The number of carbonyl (C=O) groups is 1. The second-order valence-corrected chi connectivity index (χ2v) is 6.64. The summed E-state index contributed by atoms with van der Waals surface area (Å²) in [5.41, 5.74) is 2.60. The van der Waals surface area contributed by atoms with Crippen molar-refractivity contribution < 1.29 is 4.79 Å². The molecule has 5 nitrogen and oxygen atoms in total. The molecule has 6 heteroatoms.